The molecule has 0 aliphatic carbocycles. The number of rotatable bonds is 5. The van der Waals surface area contributed by atoms with Crippen LogP contribution in [0.4, 0.5) is 5.69 Å². The molecule has 3 rings (SSSR count). The fourth-order valence-corrected chi connectivity index (χ4v) is 4.28. The van der Waals surface area contributed by atoms with Gasteiger partial charge in [-0.1, -0.05) is 13.8 Å². The molecule has 2 unspecified atom stereocenters. The molecule has 2 aliphatic heterocycles. The largest absolute Gasteiger partial charge is 0.351 e. The van der Waals surface area contributed by atoms with E-state index in [4.69, 9.17) is 0 Å². The predicted molar refractivity (Wildman–Crippen MR) is 104 cm³/mol. The van der Waals surface area contributed by atoms with Crippen LogP contribution in [0.2, 0.25) is 0 Å². The molecule has 0 radical (unpaired) electrons. The zero-order chi connectivity index (χ0) is 18.5. The number of carbonyl (C=O) groups excluding carboxylic acids is 2. The molecule has 1 aromatic carbocycles. The first-order chi connectivity index (χ1) is 12.5. The van der Waals surface area contributed by atoms with Crippen LogP contribution in [-0.2, 0) is 4.79 Å². The molecule has 2 fully saturated rings. The van der Waals surface area contributed by atoms with Crippen molar-refractivity contribution in [3.05, 3.63) is 29.8 Å². The first-order valence-corrected chi connectivity index (χ1v) is 9.94. The molecule has 2 amide bonds. The lowest BCUT2D eigenvalue weighted by Crippen LogP contribution is -2.42. The fourth-order valence-electron chi connectivity index (χ4n) is 4.28. The van der Waals surface area contributed by atoms with Gasteiger partial charge in [0.15, 0.2) is 0 Å². The van der Waals surface area contributed by atoms with Gasteiger partial charge in [0.25, 0.3) is 5.91 Å². The summed E-state index contributed by atoms with van der Waals surface area (Å²) < 4.78 is 0. The highest BCUT2D eigenvalue weighted by Crippen LogP contribution is 2.22. The summed E-state index contributed by atoms with van der Waals surface area (Å²) in [5.41, 5.74) is 1.54. The van der Waals surface area contributed by atoms with E-state index in [9.17, 15) is 9.59 Å². The average molecular weight is 357 g/mol. The Morgan fingerprint density at radius 2 is 1.81 bits per heavy atom. The number of hydrogen-bond acceptors (Lipinski definition) is 3. The Labute approximate surface area is 156 Å². The van der Waals surface area contributed by atoms with Crippen molar-refractivity contribution in [2.75, 3.05) is 37.6 Å². The lowest BCUT2D eigenvalue weighted by atomic mass is 9.92. The van der Waals surface area contributed by atoms with E-state index in [1.807, 2.05) is 29.2 Å². The van der Waals surface area contributed by atoms with Crippen LogP contribution < -0.4 is 10.2 Å². The minimum absolute atomic E-state index is 0.0420. The van der Waals surface area contributed by atoms with Gasteiger partial charge in [0.2, 0.25) is 5.91 Å². The summed E-state index contributed by atoms with van der Waals surface area (Å²) in [6, 6.07) is 7.40. The van der Waals surface area contributed by atoms with Crippen molar-refractivity contribution in [2.45, 2.75) is 39.5 Å². The normalized spacial score (nSPS) is 24.5. The zero-order valence-electron chi connectivity index (χ0n) is 16.0. The molecular formula is C21H31N3O2. The number of hydrogen-bond donors (Lipinski definition) is 1. The summed E-state index contributed by atoms with van der Waals surface area (Å²) in [5, 5.41) is 3.02. The summed E-state index contributed by atoms with van der Waals surface area (Å²) in [4.78, 5) is 28.6. The molecule has 1 aromatic rings. The Kier molecular flexibility index (Phi) is 6.30. The molecule has 0 saturated carbocycles. The van der Waals surface area contributed by atoms with Gasteiger partial charge < -0.3 is 15.1 Å². The highest BCUT2D eigenvalue weighted by molar-refractivity contribution is 5.96. The van der Waals surface area contributed by atoms with Crippen molar-refractivity contribution in [2.24, 2.45) is 11.8 Å². The summed E-state index contributed by atoms with van der Waals surface area (Å²) in [6.07, 6.45) is 3.94. The summed E-state index contributed by atoms with van der Waals surface area (Å²) in [5.74, 6) is 1.61. The molecule has 2 heterocycles. The SMILES string of the molecule is CC1CC(C)CN(CCNC(=O)c2ccc(N3CCCCC3=O)cc2)C1. The van der Waals surface area contributed by atoms with Crippen molar-refractivity contribution < 1.29 is 9.59 Å². The van der Waals surface area contributed by atoms with Gasteiger partial charge in [0.05, 0.1) is 0 Å². The van der Waals surface area contributed by atoms with E-state index in [1.54, 1.807) is 0 Å². The van der Waals surface area contributed by atoms with Gasteiger partial charge in [0, 0.05) is 50.4 Å². The molecule has 26 heavy (non-hydrogen) atoms. The molecule has 0 spiro atoms. The minimum atomic E-state index is -0.0420. The molecule has 1 N–H and O–H groups in total. The second-order valence-electron chi connectivity index (χ2n) is 8.01. The predicted octanol–water partition coefficient (Wildman–Crippen LogP) is 2.91. The van der Waals surface area contributed by atoms with Crippen molar-refractivity contribution in [3.63, 3.8) is 0 Å². The second kappa shape index (κ2) is 8.67. The molecule has 2 aliphatic rings. The van der Waals surface area contributed by atoms with Crippen LogP contribution >= 0.6 is 0 Å². The second-order valence-corrected chi connectivity index (χ2v) is 8.01. The van der Waals surface area contributed by atoms with Crippen LogP contribution in [0.3, 0.4) is 0 Å². The summed E-state index contributed by atoms with van der Waals surface area (Å²) in [6.45, 7) is 9.20. The molecule has 2 saturated heterocycles. The van der Waals surface area contributed by atoms with Crippen molar-refractivity contribution in [3.8, 4) is 0 Å². The van der Waals surface area contributed by atoms with Gasteiger partial charge >= 0.3 is 0 Å². The molecule has 2 atom stereocenters. The van der Waals surface area contributed by atoms with E-state index < -0.39 is 0 Å². The number of piperidine rings is 2. The summed E-state index contributed by atoms with van der Waals surface area (Å²) in [7, 11) is 0. The topological polar surface area (TPSA) is 52.7 Å². The lowest BCUT2D eigenvalue weighted by Gasteiger charge is -2.34. The first-order valence-electron chi connectivity index (χ1n) is 9.94. The number of likely N-dealkylation sites (tertiary alicyclic amines) is 1. The quantitative estimate of drug-likeness (QED) is 0.881. The van der Waals surface area contributed by atoms with Crippen LogP contribution in [0, 0.1) is 11.8 Å². The van der Waals surface area contributed by atoms with Crippen LogP contribution in [-0.4, -0.2) is 49.4 Å². The van der Waals surface area contributed by atoms with Crippen LogP contribution in [0.1, 0.15) is 49.9 Å². The van der Waals surface area contributed by atoms with Gasteiger partial charge in [-0.2, -0.15) is 0 Å². The van der Waals surface area contributed by atoms with E-state index in [0.29, 0.717) is 18.5 Å². The third-order valence-electron chi connectivity index (χ3n) is 5.42. The van der Waals surface area contributed by atoms with E-state index in [0.717, 1.165) is 56.5 Å². The first kappa shape index (κ1) is 18.9. The number of amides is 2. The number of carbonyl (C=O) groups is 2. The summed E-state index contributed by atoms with van der Waals surface area (Å²) >= 11 is 0. The molecule has 142 valence electrons. The van der Waals surface area contributed by atoms with Crippen LogP contribution in [0.15, 0.2) is 24.3 Å². The third-order valence-corrected chi connectivity index (χ3v) is 5.42. The minimum Gasteiger partial charge on any atom is -0.351 e. The van der Waals surface area contributed by atoms with Crippen LogP contribution in [0.25, 0.3) is 0 Å². The van der Waals surface area contributed by atoms with Gasteiger partial charge in [-0.15, -0.1) is 0 Å². The maximum atomic E-state index is 12.4. The molecule has 5 nitrogen and oxygen atoms in total. The van der Waals surface area contributed by atoms with E-state index in [-0.39, 0.29) is 11.8 Å². The number of nitrogens with one attached hydrogen (secondary N) is 1. The Balaban J connectivity index is 1.48. The molecule has 0 bridgehead atoms. The smallest absolute Gasteiger partial charge is 0.251 e. The van der Waals surface area contributed by atoms with Gasteiger partial charge in [-0.25, -0.2) is 0 Å². The Morgan fingerprint density at radius 3 is 2.46 bits per heavy atom. The Morgan fingerprint density at radius 1 is 1.12 bits per heavy atom. The van der Waals surface area contributed by atoms with E-state index in [1.165, 1.54) is 6.42 Å². The average Bonchev–Trinajstić information content (AvgIpc) is 2.61. The number of anilines is 1. The maximum Gasteiger partial charge on any atom is 0.251 e. The standard InChI is InChI=1S/C21H31N3O2/c1-16-13-17(2)15-23(14-16)12-10-22-21(26)18-6-8-19(9-7-18)24-11-4-3-5-20(24)25/h6-9,16-17H,3-5,10-15H2,1-2H3,(H,22,26). The Hall–Kier alpha value is -1.88. The molecule has 0 aromatic heterocycles. The van der Waals surface area contributed by atoms with Crippen LogP contribution in [0.5, 0.6) is 0 Å². The monoisotopic (exact) mass is 357 g/mol. The number of nitrogens with zero attached hydrogens (tertiary/aromatic N) is 2. The van der Waals surface area contributed by atoms with Crippen molar-refractivity contribution >= 4 is 17.5 Å². The van der Waals surface area contributed by atoms with E-state index in [2.05, 4.69) is 24.1 Å². The molecular weight excluding hydrogens is 326 g/mol. The van der Waals surface area contributed by atoms with Crippen molar-refractivity contribution in [1.82, 2.24) is 10.2 Å². The van der Waals surface area contributed by atoms with Gasteiger partial charge in [-0.05, 0) is 55.4 Å². The maximum absolute atomic E-state index is 12.4. The zero-order valence-corrected chi connectivity index (χ0v) is 16.0. The van der Waals surface area contributed by atoms with Gasteiger partial charge in [-0.3, -0.25) is 9.59 Å². The van der Waals surface area contributed by atoms with E-state index >= 15 is 0 Å². The highest BCUT2D eigenvalue weighted by atomic mass is 16.2. The molecule has 5 heteroatoms. The Bertz CT molecular complexity index is 619. The highest BCUT2D eigenvalue weighted by Gasteiger charge is 2.22. The van der Waals surface area contributed by atoms with Gasteiger partial charge in [0.1, 0.15) is 0 Å². The third kappa shape index (κ3) is 4.85. The van der Waals surface area contributed by atoms with Crippen molar-refractivity contribution in [1.29, 1.82) is 0 Å². The lowest BCUT2D eigenvalue weighted by molar-refractivity contribution is -0.119. The fraction of sp³-hybridized carbons (Fsp3) is 0.619. The number of benzene rings is 1.